The fourth-order valence-electron chi connectivity index (χ4n) is 3.07. The average Bonchev–Trinajstić information content (AvgIpc) is 3.08. The third-order valence-corrected chi connectivity index (χ3v) is 5.45. The van der Waals surface area contributed by atoms with E-state index >= 15 is 0 Å². The summed E-state index contributed by atoms with van der Waals surface area (Å²) in [6.45, 7) is 0. The fraction of sp³-hybridized carbons (Fsp3) is 0. The lowest BCUT2D eigenvalue weighted by Crippen LogP contribution is -2.27. The molecule has 2 amide bonds. The molecule has 1 heterocycles. The first-order valence-corrected chi connectivity index (χ1v) is 10.2. The second-order valence-electron chi connectivity index (χ2n) is 6.66. The first-order valence-electron chi connectivity index (χ1n) is 9.38. The number of nitrogens with zero attached hydrogens (tertiary/aromatic N) is 3. The Hall–Kier alpha value is -4.51. The van der Waals surface area contributed by atoms with Crippen molar-refractivity contribution in [3.8, 4) is 11.5 Å². The van der Waals surface area contributed by atoms with Crippen molar-refractivity contribution < 1.29 is 24.2 Å². The maximum absolute atomic E-state index is 12.9. The van der Waals surface area contributed by atoms with Crippen molar-refractivity contribution in [3.05, 3.63) is 103 Å². The lowest BCUT2D eigenvalue weighted by Gasteiger charge is -2.12. The Morgan fingerprint density at radius 3 is 2.24 bits per heavy atom. The number of para-hydroxylation sites is 2. The standard InChI is InChI=1S/C22H13N3O7S/c26-21-20(33-22(27)23(21)15-7-2-1-3-8-15)12-14-6-4-5-9-18(14)32-19-11-10-16(24(28)29)13-17(19)25(30)31/h1-13H/b20-12-. The summed E-state index contributed by atoms with van der Waals surface area (Å²) < 4.78 is 5.69. The van der Waals surface area contributed by atoms with Gasteiger partial charge in [-0.15, -0.1) is 0 Å². The maximum atomic E-state index is 12.9. The van der Waals surface area contributed by atoms with Crippen molar-refractivity contribution in [1.29, 1.82) is 0 Å². The number of amides is 2. The number of hydrogen-bond acceptors (Lipinski definition) is 8. The molecular weight excluding hydrogens is 450 g/mol. The smallest absolute Gasteiger partial charge is 0.318 e. The number of non-ortho nitro benzene ring substituents is 1. The molecule has 0 N–H and O–H groups in total. The average molecular weight is 463 g/mol. The number of rotatable bonds is 6. The van der Waals surface area contributed by atoms with Gasteiger partial charge in [0.25, 0.3) is 16.8 Å². The van der Waals surface area contributed by atoms with Gasteiger partial charge in [-0.1, -0.05) is 36.4 Å². The van der Waals surface area contributed by atoms with Crippen molar-refractivity contribution in [2.24, 2.45) is 0 Å². The molecule has 4 rings (SSSR count). The molecule has 0 aliphatic carbocycles. The topological polar surface area (TPSA) is 133 Å². The van der Waals surface area contributed by atoms with Crippen LogP contribution in [0.4, 0.5) is 21.9 Å². The van der Waals surface area contributed by atoms with Crippen molar-refractivity contribution in [3.63, 3.8) is 0 Å². The molecule has 1 saturated heterocycles. The number of nitro benzene ring substituents is 2. The minimum absolute atomic E-state index is 0.151. The molecule has 0 saturated carbocycles. The van der Waals surface area contributed by atoms with Crippen LogP contribution in [0.1, 0.15) is 5.56 Å². The van der Waals surface area contributed by atoms with Crippen LogP contribution in [0.25, 0.3) is 6.08 Å². The van der Waals surface area contributed by atoms with E-state index in [1.54, 1.807) is 48.5 Å². The van der Waals surface area contributed by atoms with Crippen LogP contribution in [0.3, 0.4) is 0 Å². The number of benzene rings is 3. The molecule has 3 aromatic rings. The van der Waals surface area contributed by atoms with E-state index in [4.69, 9.17) is 4.74 Å². The molecule has 164 valence electrons. The van der Waals surface area contributed by atoms with Gasteiger partial charge in [0.15, 0.2) is 0 Å². The minimum Gasteiger partial charge on any atom is -0.449 e. The SMILES string of the molecule is O=C1S/C(=C\c2ccccc2Oc2ccc([N+](=O)[O-])cc2[N+](=O)[O-])C(=O)N1c1ccccc1. The highest BCUT2D eigenvalue weighted by molar-refractivity contribution is 8.19. The summed E-state index contributed by atoms with van der Waals surface area (Å²) in [6, 6.07) is 17.9. The van der Waals surface area contributed by atoms with E-state index in [1.807, 2.05) is 0 Å². The monoisotopic (exact) mass is 463 g/mol. The second kappa shape index (κ2) is 8.93. The second-order valence-corrected chi connectivity index (χ2v) is 7.65. The van der Waals surface area contributed by atoms with Crippen LogP contribution in [0, 0.1) is 20.2 Å². The minimum atomic E-state index is -0.782. The fourth-order valence-corrected chi connectivity index (χ4v) is 3.90. The number of anilines is 1. The molecule has 3 aromatic carbocycles. The number of imide groups is 1. The summed E-state index contributed by atoms with van der Waals surface area (Å²) in [7, 11) is 0. The van der Waals surface area contributed by atoms with Gasteiger partial charge in [-0.05, 0) is 42.1 Å². The molecule has 11 heteroatoms. The van der Waals surface area contributed by atoms with Gasteiger partial charge in [0.1, 0.15) is 5.75 Å². The quantitative estimate of drug-likeness (QED) is 0.264. The normalized spacial score (nSPS) is 14.5. The molecule has 0 atom stereocenters. The van der Waals surface area contributed by atoms with Gasteiger partial charge in [-0.25, -0.2) is 4.90 Å². The molecule has 1 aliphatic rings. The van der Waals surface area contributed by atoms with Crippen molar-refractivity contribution in [1.82, 2.24) is 0 Å². The van der Waals surface area contributed by atoms with E-state index in [-0.39, 0.29) is 16.4 Å². The van der Waals surface area contributed by atoms with Crippen LogP contribution in [0.15, 0.2) is 77.7 Å². The van der Waals surface area contributed by atoms with E-state index in [0.29, 0.717) is 11.3 Å². The Morgan fingerprint density at radius 2 is 1.55 bits per heavy atom. The van der Waals surface area contributed by atoms with Crippen molar-refractivity contribution >= 4 is 46.0 Å². The Morgan fingerprint density at radius 1 is 0.848 bits per heavy atom. The number of ether oxygens (including phenoxy) is 1. The first kappa shape index (κ1) is 21.7. The number of carbonyl (C=O) groups excluding carboxylic acids is 2. The van der Waals surface area contributed by atoms with Gasteiger partial charge in [-0.3, -0.25) is 29.8 Å². The molecular formula is C22H13N3O7S. The van der Waals surface area contributed by atoms with Gasteiger partial charge >= 0.3 is 5.69 Å². The van der Waals surface area contributed by atoms with Crippen LogP contribution in [-0.4, -0.2) is 21.0 Å². The third-order valence-electron chi connectivity index (χ3n) is 4.58. The van der Waals surface area contributed by atoms with Gasteiger partial charge in [-0.2, -0.15) is 0 Å². The number of nitro groups is 2. The summed E-state index contributed by atoms with van der Waals surface area (Å²) in [4.78, 5) is 47.3. The molecule has 0 aromatic heterocycles. The zero-order valence-electron chi connectivity index (χ0n) is 16.6. The van der Waals surface area contributed by atoms with Crippen molar-refractivity contribution in [2.45, 2.75) is 0 Å². The Kier molecular flexibility index (Phi) is 5.87. The summed E-state index contributed by atoms with van der Waals surface area (Å²) in [5, 5.41) is 21.9. The van der Waals surface area contributed by atoms with Crippen LogP contribution in [0.2, 0.25) is 0 Å². The molecule has 1 fully saturated rings. The Bertz CT molecular complexity index is 1320. The number of carbonyl (C=O) groups is 2. The van der Waals surface area contributed by atoms with Crippen LogP contribution in [0.5, 0.6) is 11.5 Å². The summed E-state index contributed by atoms with van der Waals surface area (Å²) in [5.74, 6) is -0.544. The van der Waals surface area contributed by atoms with E-state index in [2.05, 4.69) is 0 Å². The molecule has 0 spiro atoms. The molecule has 0 bridgehead atoms. The summed E-state index contributed by atoms with van der Waals surface area (Å²) >= 11 is 0.759. The highest BCUT2D eigenvalue weighted by atomic mass is 32.2. The van der Waals surface area contributed by atoms with Gasteiger partial charge in [0, 0.05) is 11.6 Å². The van der Waals surface area contributed by atoms with E-state index in [0.717, 1.165) is 34.9 Å². The summed E-state index contributed by atoms with van der Waals surface area (Å²) in [5.41, 5.74) is -0.196. The molecule has 0 radical (unpaired) electrons. The van der Waals surface area contributed by atoms with Crippen LogP contribution < -0.4 is 9.64 Å². The lowest BCUT2D eigenvalue weighted by molar-refractivity contribution is -0.394. The van der Waals surface area contributed by atoms with Crippen molar-refractivity contribution in [2.75, 3.05) is 4.90 Å². The lowest BCUT2D eigenvalue weighted by atomic mass is 10.1. The van der Waals surface area contributed by atoms with Gasteiger partial charge in [0.2, 0.25) is 5.75 Å². The van der Waals surface area contributed by atoms with Gasteiger partial charge < -0.3 is 4.74 Å². The first-order chi connectivity index (χ1) is 15.8. The van der Waals surface area contributed by atoms with E-state index < -0.39 is 32.4 Å². The van der Waals surface area contributed by atoms with E-state index in [9.17, 15) is 29.8 Å². The molecule has 33 heavy (non-hydrogen) atoms. The number of hydrogen-bond donors (Lipinski definition) is 0. The summed E-state index contributed by atoms with van der Waals surface area (Å²) in [6.07, 6.45) is 1.46. The highest BCUT2D eigenvalue weighted by Gasteiger charge is 2.36. The zero-order valence-corrected chi connectivity index (χ0v) is 17.4. The predicted octanol–water partition coefficient (Wildman–Crippen LogP) is 5.54. The molecule has 10 nitrogen and oxygen atoms in total. The molecule has 1 aliphatic heterocycles. The third kappa shape index (κ3) is 4.43. The predicted molar refractivity (Wildman–Crippen MR) is 121 cm³/mol. The zero-order chi connectivity index (χ0) is 23.5. The maximum Gasteiger partial charge on any atom is 0.318 e. The Balaban J connectivity index is 1.68. The largest absolute Gasteiger partial charge is 0.449 e. The number of thioether (sulfide) groups is 1. The Labute approximate surface area is 190 Å². The van der Waals surface area contributed by atoms with E-state index in [1.165, 1.54) is 12.1 Å². The van der Waals surface area contributed by atoms with Crippen LogP contribution in [-0.2, 0) is 4.79 Å². The van der Waals surface area contributed by atoms with Gasteiger partial charge in [0.05, 0.1) is 26.5 Å². The highest BCUT2D eigenvalue weighted by Crippen LogP contribution is 2.39. The van der Waals surface area contributed by atoms with Crippen LogP contribution >= 0.6 is 11.8 Å². The molecule has 0 unspecified atom stereocenters.